The highest BCUT2D eigenvalue weighted by Gasteiger charge is 2.20. The number of hydrogen-bond acceptors (Lipinski definition) is 5. The van der Waals surface area contributed by atoms with Gasteiger partial charge in [0.05, 0.1) is 12.2 Å². The molecule has 1 aromatic heterocycles. The lowest BCUT2D eigenvalue weighted by molar-refractivity contribution is 0.0936. The molecular formula is C23H27IN4O3. The van der Waals surface area contributed by atoms with Crippen LogP contribution in [0.3, 0.4) is 0 Å². The van der Waals surface area contributed by atoms with Gasteiger partial charge in [-0.25, -0.2) is 4.98 Å². The van der Waals surface area contributed by atoms with E-state index in [1.165, 1.54) is 5.56 Å². The van der Waals surface area contributed by atoms with E-state index in [1.54, 1.807) is 13.3 Å². The molecule has 0 spiro atoms. The van der Waals surface area contributed by atoms with E-state index in [2.05, 4.69) is 39.7 Å². The molecule has 0 bridgehead atoms. The van der Waals surface area contributed by atoms with E-state index in [-0.39, 0.29) is 30.1 Å². The van der Waals surface area contributed by atoms with Crippen LogP contribution in [0.2, 0.25) is 0 Å². The van der Waals surface area contributed by atoms with Gasteiger partial charge >= 0.3 is 0 Å². The van der Waals surface area contributed by atoms with Gasteiger partial charge in [0.25, 0.3) is 0 Å². The average Bonchev–Trinajstić information content (AvgIpc) is 3.25. The standard InChI is InChI=1S/C23H26N4O3.HI/c1-16-7-9-17(10-8-16)22-27-18(14-29-22)11-12-25-23(24-2)26-13-19-15-28-20-5-3-4-6-21(20)30-19;/h3-10,14,19H,11-13,15H2,1-2H3,(H2,24,25,26);1H. The zero-order valence-corrected chi connectivity index (χ0v) is 20.0. The zero-order valence-electron chi connectivity index (χ0n) is 17.6. The fraction of sp³-hybridized carbons (Fsp3) is 0.304. The summed E-state index contributed by atoms with van der Waals surface area (Å²) in [6, 6.07) is 15.8. The number of aryl methyl sites for hydroxylation is 1. The van der Waals surface area contributed by atoms with Crippen molar-refractivity contribution >= 4 is 29.9 Å². The first-order chi connectivity index (χ1) is 14.7. The molecule has 0 amide bonds. The number of rotatable bonds is 6. The lowest BCUT2D eigenvalue weighted by Crippen LogP contribution is -2.45. The minimum Gasteiger partial charge on any atom is -0.486 e. The second-order valence-corrected chi connectivity index (χ2v) is 7.14. The number of benzene rings is 2. The number of oxazole rings is 1. The first-order valence-electron chi connectivity index (χ1n) is 10.1. The van der Waals surface area contributed by atoms with Gasteiger partial charge in [0.15, 0.2) is 17.5 Å². The Hall–Kier alpha value is -2.75. The monoisotopic (exact) mass is 534 g/mol. The predicted octanol–water partition coefficient (Wildman–Crippen LogP) is 3.82. The SMILES string of the molecule is CN=C(NCCc1coc(-c2ccc(C)cc2)n1)NCC1COc2ccccc2O1.I. The fourth-order valence-corrected chi connectivity index (χ4v) is 3.15. The molecule has 1 aliphatic rings. The number of nitrogens with one attached hydrogen (secondary N) is 2. The molecule has 8 heteroatoms. The van der Waals surface area contributed by atoms with Gasteiger partial charge < -0.3 is 24.5 Å². The van der Waals surface area contributed by atoms with Crippen LogP contribution in [0.25, 0.3) is 11.5 Å². The van der Waals surface area contributed by atoms with Crippen LogP contribution in [0, 0.1) is 6.92 Å². The molecule has 2 N–H and O–H groups in total. The molecular weight excluding hydrogens is 507 g/mol. The highest BCUT2D eigenvalue weighted by molar-refractivity contribution is 14.0. The van der Waals surface area contributed by atoms with E-state index in [0.29, 0.717) is 31.5 Å². The van der Waals surface area contributed by atoms with E-state index in [9.17, 15) is 0 Å². The second-order valence-electron chi connectivity index (χ2n) is 7.14. The van der Waals surface area contributed by atoms with Gasteiger partial charge in [-0.05, 0) is 31.2 Å². The molecule has 164 valence electrons. The molecule has 0 radical (unpaired) electrons. The lowest BCUT2D eigenvalue weighted by Gasteiger charge is -2.27. The van der Waals surface area contributed by atoms with Crippen LogP contribution < -0.4 is 20.1 Å². The summed E-state index contributed by atoms with van der Waals surface area (Å²) in [4.78, 5) is 8.83. The summed E-state index contributed by atoms with van der Waals surface area (Å²) in [6.07, 6.45) is 2.36. The van der Waals surface area contributed by atoms with E-state index in [0.717, 1.165) is 29.2 Å². The molecule has 3 aromatic rings. The van der Waals surface area contributed by atoms with Crippen molar-refractivity contribution in [1.29, 1.82) is 0 Å². The van der Waals surface area contributed by atoms with Crippen molar-refractivity contribution in [2.24, 2.45) is 4.99 Å². The van der Waals surface area contributed by atoms with E-state index >= 15 is 0 Å². The number of aromatic nitrogens is 1. The minimum atomic E-state index is -0.0777. The van der Waals surface area contributed by atoms with Gasteiger partial charge in [-0.1, -0.05) is 29.8 Å². The van der Waals surface area contributed by atoms with Gasteiger partial charge in [-0.3, -0.25) is 4.99 Å². The van der Waals surface area contributed by atoms with Crippen LogP contribution in [0.5, 0.6) is 11.5 Å². The Morgan fingerprint density at radius 1 is 1.10 bits per heavy atom. The Labute approximate surface area is 199 Å². The topological polar surface area (TPSA) is 80.9 Å². The van der Waals surface area contributed by atoms with E-state index in [1.807, 2.05) is 36.4 Å². The fourth-order valence-electron chi connectivity index (χ4n) is 3.15. The highest BCUT2D eigenvalue weighted by atomic mass is 127. The Kier molecular flexibility index (Phi) is 8.16. The summed E-state index contributed by atoms with van der Waals surface area (Å²) in [6.45, 7) is 3.84. The van der Waals surface area contributed by atoms with E-state index < -0.39 is 0 Å². The summed E-state index contributed by atoms with van der Waals surface area (Å²) in [5.74, 6) is 2.91. The van der Waals surface area contributed by atoms with Gasteiger partial charge in [0.2, 0.25) is 5.89 Å². The summed E-state index contributed by atoms with van der Waals surface area (Å²) in [7, 11) is 1.74. The normalized spacial score (nSPS) is 15.2. The van der Waals surface area contributed by atoms with Crippen molar-refractivity contribution in [3.05, 3.63) is 66.1 Å². The maximum atomic E-state index is 5.96. The number of ether oxygens (including phenoxy) is 2. The molecule has 0 saturated carbocycles. The second kappa shape index (κ2) is 11.0. The number of halogens is 1. The van der Waals surface area contributed by atoms with Crippen LogP contribution in [0.4, 0.5) is 0 Å². The Balaban J connectivity index is 0.00000272. The summed E-state index contributed by atoms with van der Waals surface area (Å²) >= 11 is 0. The summed E-state index contributed by atoms with van der Waals surface area (Å²) in [5, 5.41) is 6.58. The quantitative estimate of drug-likeness (QED) is 0.285. The third kappa shape index (κ3) is 6.13. The molecule has 1 atom stereocenters. The molecule has 2 heterocycles. The molecule has 1 unspecified atom stereocenters. The van der Waals surface area contributed by atoms with Crippen molar-refractivity contribution in [3.63, 3.8) is 0 Å². The minimum absolute atomic E-state index is 0. The van der Waals surface area contributed by atoms with Crippen molar-refractivity contribution in [2.45, 2.75) is 19.4 Å². The lowest BCUT2D eigenvalue weighted by atomic mass is 10.1. The Morgan fingerprint density at radius 3 is 2.65 bits per heavy atom. The number of fused-ring (bicyclic) bond motifs is 1. The first-order valence-corrected chi connectivity index (χ1v) is 10.1. The molecule has 7 nitrogen and oxygen atoms in total. The molecule has 0 fully saturated rings. The number of para-hydroxylation sites is 2. The number of nitrogens with zero attached hydrogens (tertiary/aromatic N) is 2. The number of hydrogen-bond donors (Lipinski definition) is 2. The van der Waals surface area contributed by atoms with Crippen LogP contribution in [0.1, 0.15) is 11.3 Å². The van der Waals surface area contributed by atoms with Crippen LogP contribution >= 0.6 is 24.0 Å². The van der Waals surface area contributed by atoms with Crippen molar-refractivity contribution in [1.82, 2.24) is 15.6 Å². The summed E-state index contributed by atoms with van der Waals surface area (Å²) in [5.41, 5.74) is 3.09. The first kappa shape index (κ1) is 22.9. The molecule has 2 aromatic carbocycles. The molecule has 0 saturated heterocycles. The molecule has 1 aliphatic heterocycles. The van der Waals surface area contributed by atoms with Crippen LogP contribution in [-0.4, -0.2) is 43.8 Å². The largest absolute Gasteiger partial charge is 0.486 e. The zero-order chi connectivity index (χ0) is 20.8. The van der Waals surface area contributed by atoms with Crippen molar-refractivity contribution in [2.75, 3.05) is 26.7 Å². The summed E-state index contributed by atoms with van der Waals surface area (Å²) < 4.78 is 17.3. The van der Waals surface area contributed by atoms with Crippen LogP contribution in [-0.2, 0) is 6.42 Å². The van der Waals surface area contributed by atoms with E-state index in [4.69, 9.17) is 13.9 Å². The van der Waals surface area contributed by atoms with Crippen LogP contribution in [0.15, 0.2) is 64.2 Å². The third-order valence-corrected chi connectivity index (χ3v) is 4.81. The number of guanidine groups is 1. The van der Waals surface area contributed by atoms with Gasteiger partial charge in [-0.15, -0.1) is 24.0 Å². The highest BCUT2D eigenvalue weighted by Crippen LogP contribution is 2.30. The van der Waals surface area contributed by atoms with Crippen molar-refractivity contribution in [3.8, 4) is 23.0 Å². The van der Waals surface area contributed by atoms with Gasteiger partial charge in [0, 0.05) is 25.6 Å². The van der Waals surface area contributed by atoms with Crippen molar-refractivity contribution < 1.29 is 13.9 Å². The Bertz CT molecular complexity index is 1000. The molecule has 0 aliphatic carbocycles. The van der Waals surface area contributed by atoms with Gasteiger partial charge in [0.1, 0.15) is 19.0 Å². The molecule has 4 rings (SSSR count). The Morgan fingerprint density at radius 2 is 1.87 bits per heavy atom. The average molecular weight is 534 g/mol. The smallest absolute Gasteiger partial charge is 0.226 e. The maximum Gasteiger partial charge on any atom is 0.226 e. The maximum absolute atomic E-state index is 5.96. The predicted molar refractivity (Wildman–Crippen MR) is 132 cm³/mol. The molecule has 31 heavy (non-hydrogen) atoms. The number of aliphatic imine (C=N–C) groups is 1. The third-order valence-electron chi connectivity index (χ3n) is 4.81. The van der Waals surface area contributed by atoms with Gasteiger partial charge in [-0.2, -0.15) is 0 Å².